The quantitative estimate of drug-likeness (QED) is 0.765. The van der Waals surface area contributed by atoms with E-state index in [1.165, 1.54) is 0 Å². The molecule has 0 aliphatic rings. The standard InChI is InChI=1S/C11H16ClNO/c1-6(2)14-11-7(3)5-9(12)8(4)10(11)13/h5-6H,13H2,1-4H3. The Labute approximate surface area is 90.0 Å². The number of ether oxygens (including phenoxy) is 1. The monoisotopic (exact) mass is 213 g/mol. The number of aryl methyl sites for hydroxylation is 1. The highest BCUT2D eigenvalue weighted by Gasteiger charge is 2.11. The Balaban J connectivity index is 3.22. The average Bonchev–Trinajstić information content (AvgIpc) is 2.09. The topological polar surface area (TPSA) is 35.2 Å². The molecule has 0 atom stereocenters. The Morgan fingerprint density at radius 2 is 1.93 bits per heavy atom. The lowest BCUT2D eigenvalue weighted by atomic mass is 10.1. The minimum absolute atomic E-state index is 0.122. The molecule has 0 saturated heterocycles. The molecule has 0 aliphatic heterocycles. The van der Waals surface area contributed by atoms with E-state index in [0.717, 1.165) is 16.9 Å². The maximum atomic E-state index is 5.99. The molecule has 0 amide bonds. The average molecular weight is 214 g/mol. The molecule has 14 heavy (non-hydrogen) atoms. The Morgan fingerprint density at radius 1 is 1.36 bits per heavy atom. The summed E-state index contributed by atoms with van der Waals surface area (Å²) >= 11 is 5.99. The van der Waals surface area contributed by atoms with Crippen LogP contribution in [0.5, 0.6) is 5.75 Å². The number of nitrogen functional groups attached to an aromatic ring is 1. The molecule has 78 valence electrons. The molecule has 3 heteroatoms. The van der Waals surface area contributed by atoms with Gasteiger partial charge >= 0.3 is 0 Å². The zero-order chi connectivity index (χ0) is 10.9. The van der Waals surface area contributed by atoms with E-state index in [9.17, 15) is 0 Å². The van der Waals surface area contributed by atoms with Gasteiger partial charge in [0.15, 0.2) is 0 Å². The van der Waals surface area contributed by atoms with Crippen LogP contribution in [0.1, 0.15) is 25.0 Å². The number of halogens is 1. The van der Waals surface area contributed by atoms with Crippen molar-refractivity contribution in [3.8, 4) is 5.75 Å². The highest BCUT2D eigenvalue weighted by Crippen LogP contribution is 2.34. The van der Waals surface area contributed by atoms with Crippen LogP contribution in [0.15, 0.2) is 6.07 Å². The highest BCUT2D eigenvalue weighted by atomic mass is 35.5. The lowest BCUT2D eigenvalue weighted by molar-refractivity contribution is 0.242. The molecule has 0 spiro atoms. The van der Waals surface area contributed by atoms with Gasteiger partial charge in [0.1, 0.15) is 5.75 Å². The van der Waals surface area contributed by atoms with Crippen LogP contribution in [0.4, 0.5) is 5.69 Å². The van der Waals surface area contributed by atoms with Crippen molar-refractivity contribution >= 4 is 17.3 Å². The summed E-state index contributed by atoms with van der Waals surface area (Å²) in [6.45, 7) is 7.79. The first-order valence-corrected chi connectivity index (χ1v) is 5.03. The summed E-state index contributed by atoms with van der Waals surface area (Å²) in [7, 11) is 0. The summed E-state index contributed by atoms with van der Waals surface area (Å²) in [5.74, 6) is 0.752. The molecule has 0 unspecified atom stereocenters. The highest BCUT2D eigenvalue weighted by molar-refractivity contribution is 6.31. The fraction of sp³-hybridized carbons (Fsp3) is 0.455. The maximum Gasteiger partial charge on any atom is 0.145 e. The molecule has 0 fully saturated rings. The minimum Gasteiger partial charge on any atom is -0.489 e. The van der Waals surface area contributed by atoms with Crippen molar-refractivity contribution in [2.45, 2.75) is 33.8 Å². The van der Waals surface area contributed by atoms with Gasteiger partial charge < -0.3 is 10.5 Å². The molecule has 2 N–H and O–H groups in total. The van der Waals surface area contributed by atoms with Gasteiger partial charge in [0, 0.05) is 5.02 Å². The number of benzene rings is 1. The SMILES string of the molecule is Cc1cc(Cl)c(C)c(N)c1OC(C)C. The van der Waals surface area contributed by atoms with E-state index in [2.05, 4.69) is 0 Å². The minimum atomic E-state index is 0.122. The largest absolute Gasteiger partial charge is 0.489 e. The molecule has 0 aliphatic carbocycles. The Morgan fingerprint density at radius 3 is 2.43 bits per heavy atom. The summed E-state index contributed by atoms with van der Waals surface area (Å²) in [6.07, 6.45) is 0.122. The molecule has 0 saturated carbocycles. The first kappa shape index (κ1) is 11.2. The zero-order valence-corrected chi connectivity index (χ0v) is 9.77. The summed E-state index contributed by atoms with van der Waals surface area (Å²) in [5.41, 5.74) is 8.43. The second-order valence-corrected chi connectivity index (χ2v) is 4.12. The molecule has 0 aromatic heterocycles. The number of anilines is 1. The van der Waals surface area contributed by atoms with Crippen LogP contribution in [-0.4, -0.2) is 6.10 Å². The van der Waals surface area contributed by atoms with Crippen LogP contribution in [0, 0.1) is 13.8 Å². The number of nitrogens with two attached hydrogens (primary N) is 1. The van der Waals surface area contributed by atoms with E-state index in [4.69, 9.17) is 22.1 Å². The van der Waals surface area contributed by atoms with Gasteiger partial charge in [0.25, 0.3) is 0 Å². The van der Waals surface area contributed by atoms with Crippen molar-refractivity contribution in [1.29, 1.82) is 0 Å². The third-order valence-corrected chi connectivity index (χ3v) is 2.45. The Kier molecular flexibility index (Phi) is 3.27. The van der Waals surface area contributed by atoms with E-state index in [1.54, 1.807) is 0 Å². The summed E-state index contributed by atoms with van der Waals surface area (Å²) in [6, 6.07) is 1.88. The van der Waals surface area contributed by atoms with E-state index in [0.29, 0.717) is 10.7 Å². The van der Waals surface area contributed by atoms with Crippen LogP contribution < -0.4 is 10.5 Å². The van der Waals surface area contributed by atoms with Gasteiger partial charge in [-0.3, -0.25) is 0 Å². The lowest BCUT2D eigenvalue weighted by Crippen LogP contribution is -2.09. The van der Waals surface area contributed by atoms with Crippen LogP contribution in [-0.2, 0) is 0 Å². The van der Waals surface area contributed by atoms with Crippen LogP contribution in [0.2, 0.25) is 5.02 Å². The van der Waals surface area contributed by atoms with E-state index in [-0.39, 0.29) is 6.10 Å². The second-order valence-electron chi connectivity index (χ2n) is 3.71. The first-order chi connectivity index (χ1) is 6.43. The number of hydrogen-bond donors (Lipinski definition) is 1. The maximum absolute atomic E-state index is 5.99. The predicted octanol–water partition coefficient (Wildman–Crippen LogP) is 3.33. The second kappa shape index (κ2) is 4.09. The number of hydrogen-bond acceptors (Lipinski definition) is 2. The molecule has 1 aromatic rings. The van der Waals surface area contributed by atoms with Crippen molar-refractivity contribution in [1.82, 2.24) is 0 Å². The predicted molar refractivity (Wildman–Crippen MR) is 61.1 cm³/mol. The summed E-state index contributed by atoms with van der Waals surface area (Å²) in [5, 5.41) is 0.691. The van der Waals surface area contributed by atoms with E-state index in [1.807, 2.05) is 33.8 Å². The first-order valence-electron chi connectivity index (χ1n) is 4.65. The van der Waals surface area contributed by atoms with E-state index >= 15 is 0 Å². The molecule has 1 rings (SSSR count). The molecule has 0 radical (unpaired) electrons. The van der Waals surface area contributed by atoms with Gasteiger partial charge in [-0.2, -0.15) is 0 Å². The van der Waals surface area contributed by atoms with Gasteiger partial charge in [-0.15, -0.1) is 0 Å². The van der Waals surface area contributed by atoms with Crippen molar-refractivity contribution in [3.63, 3.8) is 0 Å². The molecular weight excluding hydrogens is 198 g/mol. The fourth-order valence-electron chi connectivity index (χ4n) is 1.27. The van der Waals surface area contributed by atoms with Crippen LogP contribution in [0.3, 0.4) is 0 Å². The van der Waals surface area contributed by atoms with Gasteiger partial charge in [-0.1, -0.05) is 11.6 Å². The molecule has 1 aromatic carbocycles. The van der Waals surface area contributed by atoms with Gasteiger partial charge in [-0.25, -0.2) is 0 Å². The van der Waals surface area contributed by atoms with Crippen LogP contribution >= 0.6 is 11.6 Å². The van der Waals surface area contributed by atoms with Crippen LogP contribution in [0.25, 0.3) is 0 Å². The summed E-state index contributed by atoms with van der Waals surface area (Å²) in [4.78, 5) is 0. The molecule has 0 heterocycles. The molecule has 2 nitrogen and oxygen atoms in total. The van der Waals surface area contributed by atoms with Crippen molar-refractivity contribution < 1.29 is 4.74 Å². The van der Waals surface area contributed by atoms with Gasteiger partial charge in [0.05, 0.1) is 11.8 Å². The Hall–Kier alpha value is -0.890. The smallest absolute Gasteiger partial charge is 0.145 e. The Bertz CT molecular complexity index is 348. The lowest BCUT2D eigenvalue weighted by Gasteiger charge is -2.17. The van der Waals surface area contributed by atoms with Crippen molar-refractivity contribution in [2.75, 3.05) is 5.73 Å². The van der Waals surface area contributed by atoms with Gasteiger partial charge in [-0.05, 0) is 44.9 Å². The number of rotatable bonds is 2. The third-order valence-electron chi connectivity index (χ3n) is 2.06. The summed E-state index contributed by atoms with van der Waals surface area (Å²) < 4.78 is 5.63. The third kappa shape index (κ3) is 2.13. The fourth-order valence-corrected chi connectivity index (χ4v) is 1.53. The van der Waals surface area contributed by atoms with Gasteiger partial charge in [0.2, 0.25) is 0 Å². The molecular formula is C11H16ClNO. The molecule has 0 bridgehead atoms. The van der Waals surface area contributed by atoms with E-state index < -0.39 is 0 Å². The zero-order valence-electron chi connectivity index (χ0n) is 9.02. The van der Waals surface area contributed by atoms with Crippen molar-refractivity contribution in [2.24, 2.45) is 0 Å². The normalized spacial score (nSPS) is 10.7. The van der Waals surface area contributed by atoms with Crippen molar-refractivity contribution in [3.05, 3.63) is 22.2 Å².